The Balaban J connectivity index is 1.45. The zero-order valence-corrected chi connectivity index (χ0v) is 24.7. The lowest BCUT2D eigenvalue weighted by Crippen LogP contribution is -2.53. The van der Waals surface area contributed by atoms with Gasteiger partial charge in [0.05, 0.1) is 12.6 Å². The van der Waals surface area contributed by atoms with Gasteiger partial charge in [-0.2, -0.15) is 0 Å². The minimum Gasteiger partial charge on any atom is -0.369 e. The molecule has 224 valence electrons. The number of rotatable bonds is 10. The van der Waals surface area contributed by atoms with Crippen molar-refractivity contribution in [2.75, 3.05) is 44.2 Å². The number of Topliss-reactive ketones (excluding diaryl/α,β-unsaturated/α-hetero) is 1. The van der Waals surface area contributed by atoms with Crippen LogP contribution in [-0.4, -0.2) is 103 Å². The lowest BCUT2D eigenvalue weighted by Gasteiger charge is -2.30. The normalized spacial score (nSPS) is 22.0. The number of nitrogens with one attached hydrogen (secondary N) is 3. The first kappa shape index (κ1) is 30.5. The van der Waals surface area contributed by atoms with Crippen LogP contribution in [0.5, 0.6) is 0 Å². The molecule has 0 aliphatic carbocycles. The quantitative estimate of drug-likeness (QED) is 0.383. The molecule has 3 aliphatic rings. The van der Waals surface area contributed by atoms with Crippen LogP contribution in [0.4, 0.5) is 5.69 Å². The molecule has 1 aromatic carbocycles. The van der Waals surface area contributed by atoms with Crippen molar-refractivity contribution in [3.05, 3.63) is 29.8 Å². The largest absolute Gasteiger partial charge is 0.369 e. The van der Waals surface area contributed by atoms with E-state index in [0.29, 0.717) is 37.8 Å². The fourth-order valence-corrected chi connectivity index (χ4v) is 6.23. The first-order valence-corrected chi connectivity index (χ1v) is 14.9. The Hall–Kier alpha value is -3.47. The number of nitrogens with zero attached hydrogens (tertiary/aromatic N) is 3. The van der Waals surface area contributed by atoms with Gasteiger partial charge in [-0.3, -0.25) is 24.0 Å². The van der Waals surface area contributed by atoms with E-state index in [0.717, 1.165) is 31.9 Å². The number of hydrogen-bond acceptors (Lipinski definition) is 7. The van der Waals surface area contributed by atoms with Crippen LogP contribution in [0, 0.1) is 5.92 Å². The number of carbonyl (C=O) groups is 5. The molecule has 3 N–H and O–H groups in total. The number of likely N-dealkylation sites (tertiary alicyclic amines) is 2. The Morgan fingerprint density at radius 3 is 2.22 bits per heavy atom. The van der Waals surface area contributed by atoms with Gasteiger partial charge in [0.2, 0.25) is 17.7 Å². The molecule has 4 unspecified atom stereocenters. The van der Waals surface area contributed by atoms with Gasteiger partial charge in [-0.05, 0) is 49.4 Å². The molecule has 0 spiro atoms. The standard InChI is InChI=1S/C30H44N6O5/c1-5-6-23(32-20(4)37)29(40)36-18-26(38)27-25(36)11-14-35(27)30(41)24(17-19(2)3)33-28(39)21-7-9-22(10-8-21)34-15-12-31-13-16-34/h7-10,19,23-25,27,31H,5-6,11-18H2,1-4H3,(H,32,37)(H,33,39). The maximum absolute atomic E-state index is 13.8. The Labute approximate surface area is 242 Å². The van der Waals surface area contributed by atoms with E-state index in [4.69, 9.17) is 0 Å². The summed E-state index contributed by atoms with van der Waals surface area (Å²) in [7, 11) is 0. The van der Waals surface area contributed by atoms with Crippen LogP contribution in [0.1, 0.15) is 63.7 Å². The average molecular weight is 569 g/mol. The smallest absolute Gasteiger partial charge is 0.251 e. The van der Waals surface area contributed by atoms with Crippen LogP contribution in [0.2, 0.25) is 0 Å². The second-order valence-corrected chi connectivity index (χ2v) is 11.7. The molecular formula is C30H44N6O5. The van der Waals surface area contributed by atoms with E-state index < -0.39 is 24.2 Å². The van der Waals surface area contributed by atoms with Gasteiger partial charge in [-0.15, -0.1) is 0 Å². The second-order valence-electron chi connectivity index (χ2n) is 11.7. The third-order valence-corrected chi connectivity index (χ3v) is 8.16. The Morgan fingerprint density at radius 2 is 1.61 bits per heavy atom. The molecule has 0 radical (unpaired) electrons. The molecule has 11 heteroatoms. The summed E-state index contributed by atoms with van der Waals surface area (Å²) in [5, 5.41) is 8.97. The third kappa shape index (κ3) is 7.06. The predicted molar refractivity (Wildman–Crippen MR) is 155 cm³/mol. The fourth-order valence-electron chi connectivity index (χ4n) is 6.23. The van der Waals surface area contributed by atoms with Crippen molar-refractivity contribution < 1.29 is 24.0 Å². The van der Waals surface area contributed by atoms with Crippen LogP contribution in [0.15, 0.2) is 24.3 Å². The van der Waals surface area contributed by atoms with E-state index in [2.05, 4.69) is 20.9 Å². The van der Waals surface area contributed by atoms with Gasteiger partial charge >= 0.3 is 0 Å². The molecule has 41 heavy (non-hydrogen) atoms. The molecule has 3 saturated heterocycles. The Kier molecular flexibility index (Phi) is 10.0. The lowest BCUT2D eigenvalue weighted by molar-refractivity contribution is -0.138. The van der Waals surface area contributed by atoms with Crippen molar-refractivity contribution in [2.45, 2.75) is 77.5 Å². The van der Waals surface area contributed by atoms with Crippen molar-refractivity contribution in [2.24, 2.45) is 5.92 Å². The first-order valence-electron chi connectivity index (χ1n) is 14.9. The Bertz CT molecular complexity index is 1130. The predicted octanol–water partition coefficient (Wildman–Crippen LogP) is 0.926. The summed E-state index contributed by atoms with van der Waals surface area (Å²) in [6.07, 6.45) is 2.08. The monoisotopic (exact) mass is 568 g/mol. The fraction of sp³-hybridized carbons (Fsp3) is 0.633. The summed E-state index contributed by atoms with van der Waals surface area (Å²) < 4.78 is 0. The molecular weight excluding hydrogens is 524 g/mol. The maximum Gasteiger partial charge on any atom is 0.251 e. The number of amides is 4. The highest BCUT2D eigenvalue weighted by Gasteiger charge is 2.53. The summed E-state index contributed by atoms with van der Waals surface area (Å²) >= 11 is 0. The molecule has 3 fully saturated rings. The first-order chi connectivity index (χ1) is 19.6. The molecule has 3 heterocycles. The van der Waals surface area contributed by atoms with Gasteiger partial charge < -0.3 is 30.7 Å². The molecule has 0 aromatic heterocycles. The number of carbonyl (C=O) groups excluding carboxylic acids is 5. The number of benzene rings is 1. The molecule has 4 amide bonds. The zero-order chi connectivity index (χ0) is 29.7. The third-order valence-electron chi connectivity index (χ3n) is 8.16. The van der Waals surface area contributed by atoms with Gasteiger partial charge in [-0.25, -0.2) is 0 Å². The van der Waals surface area contributed by atoms with Gasteiger partial charge in [0.15, 0.2) is 5.78 Å². The van der Waals surface area contributed by atoms with Crippen LogP contribution >= 0.6 is 0 Å². The summed E-state index contributed by atoms with van der Waals surface area (Å²) in [6, 6.07) is 4.76. The van der Waals surface area contributed by atoms with Crippen LogP contribution in [-0.2, 0) is 19.2 Å². The van der Waals surface area contributed by atoms with E-state index in [1.165, 1.54) is 11.8 Å². The molecule has 4 rings (SSSR count). The van der Waals surface area contributed by atoms with E-state index >= 15 is 0 Å². The van der Waals surface area contributed by atoms with Gasteiger partial charge in [0.25, 0.3) is 5.91 Å². The maximum atomic E-state index is 13.8. The number of fused-ring (bicyclic) bond motifs is 1. The van der Waals surface area contributed by atoms with E-state index in [1.54, 1.807) is 17.0 Å². The minimum absolute atomic E-state index is 0.0849. The van der Waals surface area contributed by atoms with E-state index in [1.807, 2.05) is 32.9 Å². The summed E-state index contributed by atoms with van der Waals surface area (Å²) in [6.45, 7) is 11.2. The molecule has 1 aromatic rings. The van der Waals surface area contributed by atoms with Crippen molar-refractivity contribution in [3.63, 3.8) is 0 Å². The van der Waals surface area contributed by atoms with Crippen LogP contribution < -0.4 is 20.9 Å². The average Bonchev–Trinajstić information content (AvgIpc) is 3.53. The number of hydrogen-bond donors (Lipinski definition) is 3. The van der Waals surface area contributed by atoms with Gasteiger partial charge in [0.1, 0.15) is 18.1 Å². The number of piperazine rings is 1. The number of anilines is 1. The minimum atomic E-state index is -0.793. The molecule has 0 saturated carbocycles. The van der Waals surface area contributed by atoms with E-state index in [-0.39, 0.29) is 41.9 Å². The van der Waals surface area contributed by atoms with Crippen LogP contribution in [0.3, 0.4) is 0 Å². The highest BCUT2D eigenvalue weighted by molar-refractivity contribution is 6.01. The second kappa shape index (κ2) is 13.5. The van der Waals surface area contributed by atoms with Crippen LogP contribution in [0.25, 0.3) is 0 Å². The molecule has 4 atom stereocenters. The molecule has 0 bridgehead atoms. The lowest BCUT2D eigenvalue weighted by atomic mass is 10.0. The van der Waals surface area contributed by atoms with Gasteiger partial charge in [-0.1, -0.05) is 27.2 Å². The van der Waals surface area contributed by atoms with Crippen molar-refractivity contribution >= 4 is 35.1 Å². The van der Waals surface area contributed by atoms with Crippen molar-refractivity contribution in [1.29, 1.82) is 0 Å². The SMILES string of the molecule is CCCC(NC(C)=O)C(=O)N1CC(=O)C2C1CCN2C(=O)C(CC(C)C)NC(=O)c1ccc(N2CCNCC2)cc1. The van der Waals surface area contributed by atoms with Gasteiger partial charge in [0, 0.05) is 50.9 Å². The highest BCUT2D eigenvalue weighted by atomic mass is 16.2. The van der Waals surface area contributed by atoms with E-state index in [9.17, 15) is 24.0 Å². The molecule has 11 nitrogen and oxygen atoms in total. The topological polar surface area (TPSA) is 131 Å². The highest BCUT2D eigenvalue weighted by Crippen LogP contribution is 2.31. The Morgan fingerprint density at radius 1 is 0.951 bits per heavy atom. The summed E-state index contributed by atoms with van der Waals surface area (Å²) in [4.78, 5) is 70.6. The number of ketones is 1. The van der Waals surface area contributed by atoms with Crippen molar-refractivity contribution in [3.8, 4) is 0 Å². The summed E-state index contributed by atoms with van der Waals surface area (Å²) in [5.74, 6) is -1.28. The zero-order valence-electron chi connectivity index (χ0n) is 24.7. The summed E-state index contributed by atoms with van der Waals surface area (Å²) in [5.41, 5.74) is 1.53. The van der Waals surface area contributed by atoms with Crippen molar-refractivity contribution in [1.82, 2.24) is 25.8 Å². The molecule has 3 aliphatic heterocycles.